The molecule has 0 radical (unpaired) electrons. The molecule has 132 valence electrons. The molecule has 4 aromatic rings. The van der Waals surface area contributed by atoms with E-state index in [1.54, 1.807) is 6.33 Å². The Balaban J connectivity index is 1.63. The lowest BCUT2D eigenvalue weighted by molar-refractivity contribution is 0.704. The minimum atomic E-state index is 0.669. The molecule has 0 fully saturated rings. The third-order valence-corrected chi connectivity index (χ3v) is 4.58. The first kappa shape index (κ1) is 16.4. The van der Waals surface area contributed by atoms with Gasteiger partial charge in [0.1, 0.15) is 11.8 Å². The second-order valence-corrected chi connectivity index (χ2v) is 6.42. The predicted octanol–water partition coefficient (Wildman–Crippen LogP) is 4.25. The van der Waals surface area contributed by atoms with Gasteiger partial charge in [-0.3, -0.25) is 4.98 Å². The number of fused-ring (bicyclic) bond motifs is 2. The predicted molar refractivity (Wildman–Crippen MR) is 104 cm³/mol. The molecule has 0 spiro atoms. The minimum Gasteiger partial charge on any atom is -0.364 e. The number of hydrogen-bond donors (Lipinski definition) is 2. The Labute approximate surface area is 152 Å². The van der Waals surface area contributed by atoms with E-state index in [1.807, 2.05) is 6.07 Å². The molecule has 2 N–H and O–H groups in total. The van der Waals surface area contributed by atoms with Gasteiger partial charge in [-0.25, -0.2) is 15.0 Å². The van der Waals surface area contributed by atoms with Crippen LogP contribution in [0.5, 0.6) is 0 Å². The van der Waals surface area contributed by atoms with Crippen molar-refractivity contribution in [1.29, 1.82) is 0 Å². The van der Waals surface area contributed by atoms with Crippen molar-refractivity contribution in [3.8, 4) is 0 Å². The van der Waals surface area contributed by atoms with E-state index in [2.05, 4.69) is 56.4 Å². The molecule has 3 aromatic heterocycles. The number of aromatic nitrogens is 5. The Morgan fingerprint density at radius 1 is 1.08 bits per heavy atom. The van der Waals surface area contributed by atoms with Gasteiger partial charge < -0.3 is 10.3 Å². The third-order valence-electron chi connectivity index (χ3n) is 4.58. The second-order valence-electron chi connectivity index (χ2n) is 6.42. The molecule has 0 bridgehead atoms. The minimum absolute atomic E-state index is 0.669. The first-order valence-corrected chi connectivity index (χ1v) is 9.10. The summed E-state index contributed by atoms with van der Waals surface area (Å²) in [5, 5.41) is 4.59. The lowest BCUT2D eigenvalue weighted by atomic mass is 10.0. The summed E-state index contributed by atoms with van der Waals surface area (Å²) in [6.07, 6.45) is 7.76. The Hall–Kier alpha value is -3.02. The fourth-order valence-electron chi connectivity index (χ4n) is 3.19. The van der Waals surface area contributed by atoms with Gasteiger partial charge in [0, 0.05) is 17.6 Å². The average Bonchev–Trinajstić information content (AvgIpc) is 3.16. The highest BCUT2D eigenvalue weighted by Gasteiger charge is 2.10. The van der Waals surface area contributed by atoms with Gasteiger partial charge in [-0.1, -0.05) is 38.0 Å². The number of pyridine rings is 1. The van der Waals surface area contributed by atoms with Gasteiger partial charge in [0.15, 0.2) is 11.5 Å². The number of nitrogens with one attached hydrogen (secondary N) is 2. The molecule has 0 saturated carbocycles. The molecule has 6 nitrogen and oxygen atoms in total. The fourth-order valence-corrected chi connectivity index (χ4v) is 3.19. The van der Waals surface area contributed by atoms with E-state index >= 15 is 0 Å². The number of aromatic amines is 1. The number of para-hydroxylation sites is 1. The van der Waals surface area contributed by atoms with Crippen molar-refractivity contribution in [3.63, 3.8) is 0 Å². The van der Waals surface area contributed by atoms with Crippen LogP contribution in [0.1, 0.15) is 37.4 Å². The van der Waals surface area contributed by atoms with Crippen LogP contribution >= 0.6 is 0 Å². The van der Waals surface area contributed by atoms with Gasteiger partial charge >= 0.3 is 0 Å². The van der Waals surface area contributed by atoms with Crippen molar-refractivity contribution in [2.45, 2.75) is 39.2 Å². The number of rotatable bonds is 7. The summed E-state index contributed by atoms with van der Waals surface area (Å²) in [6, 6.07) is 10.5. The van der Waals surface area contributed by atoms with Crippen molar-refractivity contribution in [2.24, 2.45) is 0 Å². The van der Waals surface area contributed by atoms with Crippen molar-refractivity contribution in [1.82, 2.24) is 24.9 Å². The Morgan fingerprint density at radius 3 is 2.92 bits per heavy atom. The molecule has 3 heterocycles. The average molecular weight is 346 g/mol. The maximum Gasteiger partial charge on any atom is 0.182 e. The highest BCUT2D eigenvalue weighted by atomic mass is 15.1. The summed E-state index contributed by atoms with van der Waals surface area (Å²) in [6.45, 7) is 2.89. The Morgan fingerprint density at radius 2 is 2.00 bits per heavy atom. The summed E-state index contributed by atoms with van der Waals surface area (Å²) in [4.78, 5) is 20.7. The van der Waals surface area contributed by atoms with Crippen LogP contribution in [0.4, 0.5) is 5.82 Å². The van der Waals surface area contributed by atoms with Gasteiger partial charge in [0.05, 0.1) is 11.8 Å². The van der Waals surface area contributed by atoms with Crippen LogP contribution in [-0.2, 0) is 13.0 Å². The van der Waals surface area contributed by atoms with Crippen LogP contribution in [-0.4, -0.2) is 24.9 Å². The van der Waals surface area contributed by atoms with Crippen molar-refractivity contribution >= 4 is 27.9 Å². The highest BCUT2D eigenvalue weighted by molar-refractivity contribution is 5.82. The Bertz CT molecular complexity index is 1020. The van der Waals surface area contributed by atoms with Gasteiger partial charge in [0.25, 0.3) is 0 Å². The molecule has 1 aromatic carbocycles. The van der Waals surface area contributed by atoms with E-state index in [0.29, 0.717) is 12.2 Å². The second kappa shape index (κ2) is 7.47. The number of benzene rings is 1. The van der Waals surface area contributed by atoms with E-state index in [-0.39, 0.29) is 0 Å². The van der Waals surface area contributed by atoms with Crippen LogP contribution in [0, 0.1) is 0 Å². The molecule has 4 rings (SSSR count). The number of anilines is 1. The normalized spacial score (nSPS) is 11.3. The molecule has 0 unspecified atom stereocenters. The summed E-state index contributed by atoms with van der Waals surface area (Å²) >= 11 is 0. The van der Waals surface area contributed by atoms with E-state index in [1.165, 1.54) is 30.4 Å². The lowest BCUT2D eigenvalue weighted by Gasteiger charge is -2.12. The summed E-state index contributed by atoms with van der Waals surface area (Å²) in [5.41, 5.74) is 4.93. The highest BCUT2D eigenvalue weighted by Crippen LogP contribution is 2.21. The zero-order valence-corrected chi connectivity index (χ0v) is 14.9. The Kier molecular flexibility index (Phi) is 4.73. The molecule has 0 aliphatic carbocycles. The van der Waals surface area contributed by atoms with Crippen molar-refractivity contribution in [3.05, 3.63) is 54.2 Å². The first-order chi connectivity index (χ1) is 12.8. The number of aryl methyl sites for hydroxylation is 1. The molecule has 6 heteroatoms. The van der Waals surface area contributed by atoms with Crippen LogP contribution in [0.25, 0.3) is 22.1 Å². The van der Waals surface area contributed by atoms with E-state index in [9.17, 15) is 0 Å². The van der Waals surface area contributed by atoms with E-state index < -0.39 is 0 Å². The molecule has 0 atom stereocenters. The zero-order chi connectivity index (χ0) is 17.8. The molecular weight excluding hydrogens is 324 g/mol. The molecule has 0 amide bonds. The number of unbranched alkanes of at least 4 members (excludes halogenated alkanes) is 2. The van der Waals surface area contributed by atoms with Gasteiger partial charge in [-0.05, 0) is 30.5 Å². The number of hydrogen-bond acceptors (Lipinski definition) is 5. The molecule has 26 heavy (non-hydrogen) atoms. The van der Waals surface area contributed by atoms with Crippen LogP contribution in [0.15, 0.2) is 43.0 Å². The monoisotopic (exact) mass is 346 g/mol. The summed E-state index contributed by atoms with van der Waals surface area (Å²) < 4.78 is 0. The summed E-state index contributed by atoms with van der Waals surface area (Å²) in [5.74, 6) is 0.764. The van der Waals surface area contributed by atoms with Crippen LogP contribution < -0.4 is 5.32 Å². The lowest BCUT2D eigenvalue weighted by Crippen LogP contribution is -2.07. The van der Waals surface area contributed by atoms with Crippen LogP contribution in [0.3, 0.4) is 0 Å². The maximum absolute atomic E-state index is 4.92. The van der Waals surface area contributed by atoms with Crippen molar-refractivity contribution in [2.75, 3.05) is 5.32 Å². The first-order valence-electron chi connectivity index (χ1n) is 9.10. The third kappa shape index (κ3) is 3.35. The summed E-state index contributed by atoms with van der Waals surface area (Å²) in [7, 11) is 0. The maximum atomic E-state index is 4.92. The largest absolute Gasteiger partial charge is 0.364 e. The number of nitrogens with zero attached hydrogens (tertiary/aromatic N) is 4. The van der Waals surface area contributed by atoms with Gasteiger partial charge in [-0.2, -0.15) is 0 Å². The molecule has 0 aliphatic rings. The molecular formula is C20H22N6. The topological polar surface area (TPSA) is 79.4 Å². The standard InChI is InChI=1S/C20H22N6/c1-2-3-4-8-17-15(10-14-7-5-6-9-16(14)26-17)11-21-19-18-20(23-12-22-18)25-13-24-19/h5-7,9-10,12-13H,2-4,8,11H2,1H3,(H2,21,22,23,24,25). The van der Waals surface area contributed by atoms with Crippen LogP contribution in [0.2, 0.25) is 0 Å². The van der Waals surface area contributed by atoms with E-state index in [0.717, 1.165) is 35.1 Å². The van der Waals surface area contributed by atoms with Crippen molar-refractivity contribution < 1.29 is 0 Å². The molecule has 0 aliphatic heterocycles. The molecule has 0 saturated heterocycles. The fraction of sp³-hybridized carbons (Fsp3) is 0.300. The number of imidazole rings is 1. The van der Waals surface area contributed by atoms with Gasteiger partial charge in [-0.15, -0.1) is 0 Å². The zero-order valence-electron chi connectivity index (χ0n) is 14.9. The quantitative estimate of drug-likeness (QED) is 0.489. The number of H-pyrrole nitrogens is 1. The van der Waals surface area contributed by atoms with Gasteiger partial charge in [0.2, 0.25) is 0 Å². The smallest absolute Gasteiger partial charge is 0.182 e. The SMILES string of the molecule is CCCCCc1nc2ccccc2cc1CNc1ncnc2nc[nH]c12. The van der Waals surface area contributed by atoms with E-state index in [4.69, 9.17) is 4.98 Å².